The molecule has 1 saturated carbocycles. The van der Waals surface area contributed by atoms with Crippen LogP contribution >= 0.6 is 10.7 Å². The first-order valence-corrected chi connectivity index (χ1v) is 7.63. The van der Waals surface area contributed by atoms with Crippen molar-refractivity contribution in [2.75, 3.05) is 32.2 Å². The van der Waals surface area contributed by atoms with E-state index in [0.717, 1.165) is 12.5 Å². The predicted octanol–water partition coefficient (Wildman–Crippen LogP) is 1.39. The highest BCUT2D eigenvalue weighted by molar-refractivity contribution is 8.13. The van der Waals surface area contributed by atoms with E-state index in [1.54, 1.807) is 0 Å². The molecule has 0 aromatic heterocycles. The first-order valence-electron chi connectivity index (χ1n) is 5.16. The first-order chi connectivity index (χ1) is 7.08. The van der Waals surface area contributed by atoms with Gasteiger partial charge < -0.3 is 9.47 Å². The van der Waals surface area contributed by atoms with E-state index >= 15 is 0 Å². The molecule has 15 heavy (non-hydrogen) atoms. The highest BCUT2D eigenvalue weighted by atomic mass is 35.7. The van der Waals surface area contributed by atoms with Crippen LogP contribution in [-0.4, -0.2) is 40.6 Å². The Hall–Kier alpha value is 0.160. The van der Waals surface area contributed by atoms with Crippen LogP contribution in [0.2, 0.25) is 0 Å². The fourth-order valence-electron chi connectivity index (χ4n) is 1.09. The van der Waals surface area contributed by atoms with Gasteiger partial charge in [-0.05, 0) is 25.2 Å². The Kier molecular flexibility index (Phi) is 5.89. The molecule has 0 aliphatic heterocycles. The van der Waals surface area contributed by atoms with Crippen LogP contribution in [0.3, 0.4) is 0 Å². The lowest BCUT2D eigenvalue weighted by Crippen LogP contribution is -2.08. The number of hydrogen-bond donors (Lipinski definition) is 0. The summed E-state index contributed by atoms with van der Waals surface area (Å²) < 4.78 is 31.6. The first kappa shape index (κ1) is 13.2. The van der Waals surface area contributed by atoms with Crippen LogP contribution in [-0.2, 0) is 18.5 Å². The zero-order valence-electron chi connectivity index (χ0n) is 8.65. The Morgan fingerprint density at radius 3 is 2.40 bits per heavy atom. The Morgan fingerprint density at radius 1 is 1.13 bits per heavy atom. The highest BCUT2D eigenvalue weighted by Gasteiger charge is 2.20. The van der Waals surface area contributed by atoms with Crippen LogP contribution in [0.15, 0.2) is 0 Å². The summed E-state index contributed by atoms with van der Waals surface area (Å²) in [5.41, 5.74) is 0. The van der Waals surface area contributed by atoms with E-state index in [1.165, 1.54) is 12.8 Å². The minimum Gasteiger partial charge on any atom is -0.379 e. The average Bonchev–Trinajstić information content (AvgIpc) is 2.91. The van der Waals surface area contributed by atoms with Crippen molar-refractivity contribution in [3.05, 3.63) is 0 Å². The third kappa shape index (κ3) is 9.11. The predicted molar refractivity (Wildman–Crippen MR) is 58.6 cm³/mol. The Balaban J connectivity index is 1.76. The zero-order chi connectivity index (χ0) is 11.1. The average molecular weight is 257 g/mol. The van der Waals surface area contributed by atoms with Gasteiger partial charge in [0, 0.05) is 23.9 Å². The van der Waals surface area contributed by atoms with Crippen LogP contribution in [0.25, 0.3) is 0 Å². The second kappa shape index (κ2) is 6.68. The smallest absolute Gasteiger partial charge is 0.232 e. The Labute approximate surface area is 95.3 Å². The quantitative estimate of drug-likeness (QED) is 0.462. The normalized spacial score (nSPS) is 16.9. The number of rotatable bonds is 9. The molecule has 6 heteroatoms. The molecule has 0 saturated heterocycles. The minimum absolute atomic E-state index is 0.0303. The van der Waals surface area contributed by atoms with Crippen LogP contribution in [0.1, 0.15) is 19.3 Å². The van der Waals surface area contributed by atoms with Crippen molar-refractivity contribution in [3.8, 4) is 0 Å². The molecule has 0 aromatic rings. The van der Waals surface area contributed by atoms with Crippen molar-refractivity contribution >= 4 is 19.7 Å². The molecule has 90 valence electrons. The summed E-state index contributed by atoms with van der Waals surface area (Å²) in [4.78, 5) is 0. The van der Waals surface area contributed by atoms with Gasteiger partial charge >= 0.3 is 0 Å². The van der Waals surface area contributed by atoms with Gasteiger partial charge in [0.15, 0.2) is 0 Å². The molecule has 0 radical (unpaired) electrons. The lowest BCUT2D eigenvalue weighted by molar-refractivity contribution is 0.0441. The molecule has 0 spiro atoms. The van der Waals surface area contributed by atoms with Crippen molar-refractivity contribution in [3.63, 3.8) is 0 Å². The lowest BCUT2D eigenvalue weighted by atomic mass is 10.5. The summed E-state index contributed by atoms with van der Waals surface area (Å²) >= 11 is 0. The minimum atomic E-state index is -3.36. The Bertz CT molecular complexity index is 261. The molecule has 1 rings (SSSR count). The van der Waals surface area contributed by atoms with E-state index in [9.17, 15) is 8.42 Å². The van der Waals surface area contributed by atoms with Gasteiger partial charge in [0.25, 0.3) is 0 Å². The van der Waals surface area contributed by atoms with Gasteiger partial charge in [0.1, 0.15) is 0 Å². The number of halogens is 1. The summed E-state index contributed by atoms with van der Waals surface area (Å²) in [6, 6.07) is 0. The molecule has 1 aliphatic carbocycles. The molecular formula is C9H17ClO4S. The molecule has 1 aliphatic rings. The molecule has 0 amide bonds. The summed E-state index contributed by atoms with van der Waals surface area (Å²) in [5, 5.41) is 0. The maximum Gasteiger partial charge on any atom is 0.232 e. The third-order valence-electron chi connectivity index (χ3n) is 2.10. The molecule has 0 unspecified atom stereocenters. The standard InChI is InChI=1S/C9H17ClO4S/c10-15(11,12)7-1-4-13-5-6-14-8-9-2-3-9/h9H,1-8H2. The summed E-state index contributed by atoms with van der Waals surface area (Å²) in [6.45, 7) is 2.36. The molecule has 0 N–H and O–H groups in total. The van der Waals surface area contributed by atoms with Crippen molar-refractivity contribution in [2.24, 2.45) is 5.92 Å². The van der Waals surface area contributed by atoms with E-state index < -0.39 is 9.05 Å². The number of ether oxygens (including phenoxy) is 2. The monoisotopic (exact) mass is 256 g/mol. The largest absolute Gasteiger partial charge is 0.379 e. The second-order valence-corrected chi connectivity index (χ2v) is 6.62. The topological polar surface area (TPSA) is 52.6 Å². The highest BCUT2D eigenvalue weighted by Crippen LogP contribution is 2.28. The fraction of sp³-hybridized carbons (Fsp3) is 1.00. The van der Waals surface area contributed by atoms with Crippen molar-refractivity contribution in [1.29, 1.82) is 0 Å². The van der Waals surface area contributed by atoms with Gasteiger partial charge in [-0.25, -0.2) is 8.42 Å². The van der Waals surface area contributed by atoms with E-state index in [0.29, 0.717) is 26.2 Å². The van der Waals surface area contributed by atoms with Crippen molar-refractivity contribution in [2.45, 2.75) is 19.3 Å². The molecule has 0 atom stereocenters. The second-order valence-electron chi connectivity index (χ2n) is 3.73. The van der Waals surface area contributed by atoms with E-state index in [1.807, 2.05) is 0 Å². The maximum absolute atomic E-state index is 10.5. The number of hydrogen-bond acceptors (Lipinski definition) is 4. The SMILES string of the molecule is O=S(=O)(Cl)CCCOCCOCC1CC1. The third-order valence-corrected chi connectivity index (χ3v) is 3.34. The van der Waals surface area contributed by atoms with Gasteiger partial charge in [-0.3, -0.25) is 0 Å². The van der Waals surface area contributed by atoms with E-state index in [-0.39, 0.29) is 5.75 Å². The van der Waals surface area contributed by atoms with E-state index in [4.69, 9.17) is 20.2 Å². The van der Waals surface area contributed by atoms with Gasteiger partial charge in [-0.1, -0.05) is 0 Å². The zero-order valence-corrected chi connectivity index (χ0v) is 10.2. The van der Waals surface area contributed by atoms with Crippen molar-refractivity contribution in [1.82, 2.24) is 0 Å². The van der Waals surface area contributed by atoms with Crippen LogP contribution in [0.5, 0.6) is 0 Å². The lowest BCUT2D eigenvalue weighted by Gasteiger charge is -2.04. The Morgan fingerprint density at radius 2 is 1.80 bits per heavy atom. The van der Waals surface area contributed by atoms with E-state index in [2.05, 4.69) is 0 Å². The van der Waals surface area contributed by atoms with Gasteiger partial charge in [0.2, 0.25) is 9.05 Å². The van der Waals surface area contributed by atoms with Gasteiger partial charge in [0.05, 0.1) is 19.0 Å². The maximum atomic E-state index is 10.5. The fourth-order valence-corrected chi connectivity index (χ4v) is 1.88. The van der Waals surface area contributed by atoms with Gasteiger partial charge in [-0.2, -0.15) is 0 Å². The molecule has 0 heterocycles. The molecule has 4 nitrogen and oxygen atoms in total. The van der Waals surface area contributed by atoms with Crippen LogP contribution in [0, 0.1) is 5.92 Å². The summed E-state index contributed by atoms with van der Waals surface area (Å²) in [6.07, 6.45) is 3.01. The molecule has 0 bridgehead atoms. The molecular weight excluding hydrogens is 240 g/mol. The summed E-state index contributed by atoms with van der Waals surface area (Å²) in [5.74, 6) is 0.740. The van der Waals surface area contributed by atoms with Crippen LogP contribution in [0.4, 0.5) is 0 Å². The van der Waals surface area contributed by atoms with Gasteiger partial charge in [-0.15, -0.1) is 0 Å². The molecule has 0 aromatic carbocycles. The van der Waals surface area contributed by atoms with Crippen LogP contribution < -0.4 is 0 Å². The summed E-state index contributed by atoms with van der Waals surface area (Å²) in [7, 11) is 1.67. The van der Waals surface area contributed by atoms with Crippen molar-refractivity contribution < 1.29 is 17.9 Å². The molecule has 1 fully saturated rings.